The van der Waals surface area contributed by atoms with Gasteiger partial charge in [0.1, 0.15) is 5.60 Å². The highest BCUT2D eigenvalue weighted by Crippen LogP contribution is 2.43. The standard InChI is InChI=1S/C19H22N2O2/c22-19(11-20-9-10-23-13-19)12-21-18-16-7-3-1-5-14(16)15-6-2-4-8-17(15)18/h1-8,18,20-22H,9-13H2/t19-/m0/s1. The molecular weight excluding hydrogens is 288 g/mol. The van der Waals surface area contributed by atoms with E-state index in [1.807, 2.05) is 0 Å². The van der Waals surface area contributed by atoms with Crippen LogP contribution in [0.2, 0.25) is 0 Å². The Morgan fingerprint density at radius 1 is 1.09 bits per heavy atom. The Labute approximate surface area is 136 Å². The molecule has 3 N–H and O–H groups in total. The minimum absolute atomic E-state index is 0.120. The van der Waals surface area contributed by atoms with Gasteiger partial charge in [0, 0.05) is 19.6 Å². The number of aliphatic hydroxyl groups is 1. The molecular formula is C19H22N2O2. The Morgan fingerprint density at radius 3 is 2.43 bits per heavy atom. The lowest BCUT2D eigenvalue weighted by Crippen LogP contribution is -2.50. The van der Waals surface area contributed by atoms with Crippen molar-refractivity contribution in [1.29, 1.82) is 0 Å². The van der Waals surface area contributed by atoms with E-state index in [4.69, 9.17) is 4.74 Å². The maximum absolute atomic E-state index is 10.8. The Kier molecular flexibility index (Phi) is 3.91. The second-order valence-electron chi connectivity index (χ2n) is 6.44. The first-order valence-electron chi connectivity index (χ1n) is 8.19. The summed E-state index contributed by atoms with van der Waals surface area (Å²) in [7, 11) is 0. The van der Waals surface area contributed by atoms with E-state index in [1.54, 1.807) is 0 Å². The van der Waals surface area contributed by atoms with E-state index in [1.165, 1.54) is 22.3 Å². The summed E-state index contributed by atoms with van der Waals surface area (Å²) in [5.74, 6) is 0. The number of hydrogen-bond donors (Lipinski definition) is 3. The fourth-order valence-corrected chi connectivity index (χ4v) is 3.56. The quantitative estimate of drug-likeness (QED) is 0.808. The van der Waals surface area contributed by atoms with Crippen molar-refractivity contribution in [3.05, 3.63) is 59.7 Å². The average molecular weight is 310 g/mol. The van der Waals surface area contributed by atoms with E-state index in [0.29, 0.717) is 26.3 Å². The molecule has 1 fully saturated rings. The van der Waals surface area contributed by atoms with Gasteiger partial charge in [-0.1, -0.05) is 48.5 Å². The second kappa shape index (κ2) is 6.06. The molecule has 23 heavy (non-hydrogen) atoms. The van der Waals surface area contributed by atoms with Gasteiger partial charge in [-0.3, -0.25) is 0 Å². The molecule has 2 aromatic carbocycles. The molecule has 4 heteroatoms. The first kappa shape index (κ1) is 14.8. The first-order chi connectivity index (χ1) is 11.3. The zero-order chi connectivity index (χ0) is 15.7. The van der Waals surface area contributed by atoms with Gasteiger partial charge in [0.2, 0.25) is 0 Å². The van der Waals surface area contributed by atoms with Gasteiger partial charge >= 0.3 is 0 Å². The van der Waals surface area contributed by atoms with Crippen LogP contribution in [0.1, 0.15) is 17.2 Å². The van der Waals surface area contributed by atoms with E-state index in [9.17, 15) is 5.11 Å². The molecule has 0 bridgehead atoms. The van der Waals surface area contributed by atoms with Crippen molar-refractivity contribution in [2.75, 3.05) is 32.8 Å². The van der Waals surface area contributed by atoms with Crippen LogP contribution in [0.3, 0.4) is 0 Å². The summed E-state index contributed by atoms with van der Waals surface area (Å²) in [6.45, 7) is 2.85. The van der Waals surface area contributed by atoms with E-state index in [-0.39, 0.29) is 6.04 Å². The third-order valence-corrected chi connectivity index (χ3v) is 4.72. The molecule has 0 aromatic heterocycles. The Hall–Kier alpha value is -1.72. The molecule has 1 aliphatic carbocycles. The summed E-state index contributed by atoms with van der Waals surface area (Å²) in [5, 5.41) is 17.6. The van der Waals surface area contributed by atoms with Crippen molar-refractivity contribution in [2.45, 2.75) is 11.6 Å². The molecule has 1 heterocycles. The smallest absolute Gasteiger partial charge is 0.113 e. The molecule has 2 aliphatic rings. The van der Waals surface area contributed by atoms with E-state index in [0.717, 1.165) is 6.54 Å². The van der Waals surface area contributed by atoms with Gasteiger partial charge in [0.05, 0.1) is 19.3 Å². The highest BCUT2D eigenvalue weighted by atomic mass is 16.5. The normalized spacial score (nSPS) is 24.0. The van der Waals surface area contributed by atoms with Crippen LogP contribution in [0.15, 0.2) is 48.5 Å². The number of nitrogens with one attached hydrogen (secondary N) is 2. The topological polar surface area (TPSA) is 53.5 Å². The van der Waals surface area contributed by atoms with Crippen LogP contribution in [0.4, 0.5) is 0 Å². The number of ether oxygens (including phenoxy) is 1. The lowest BCUT2D eigenvalue weighted by molar-refractivity contribution is -0.0272. The van der Waals surface area contributed by atoms with Gasteiger partial charge in [-0.25, -0.2) is 0 Å². The van der Waals surface area contributed by atoms with Crippen molar-refractivity contribution < 1.29 is 9.84 Å². The summed E-state index contributed by atoms with van der Waals surface area (Å²) in [6, 6.07) is 17.1. The van der Waals surface area contributed by atoms with Gasteiger partial charge in [-0.15, -0.1) is 0 Å². The third-order valence-electron chi connectivity index (χ3n) is 4.72. The molecule has 0 unspecified atom stereocenters. The van der Waals surface area contributed by atoms with Crippen molar-refractivity contribution >= 4 is 0 Å². The van der Waals surface area contributed by atoms with Gasteiger partial charge in [0.15, 0.2) is 0 Å². The summed E-state index contributed by atoms with van der Waals surface area (Å²) in [4.78, 5) is 0. The maximum atomic E-state index is 10.8. The molecule has 2 aromatic rings. The zero-order valence-electron chi connectivity index (χ0n) is 13.1. The monoisotopic (exact) mass is 310 g/mol. The van der Waals surface area contributed by atoms with Crippen LogP contribution in [-0.2, 0) is 4.74 Å². The van der Waals surface area contributed by atoms with Gasteiger partial charge in [-0.2, -0.15) is 0 Å². The highest BCUT2D eigenvalue weighted by molar-refractivity contribution is 5.78. The number of hydrogen-bond acceptors (Lipinski definition) is 4. The van der Waals surface area contributed by atoms with Crippen LogP contribution in [0, 0.1) is 0 Å². The van der Waals surface area contributed by atoms with E-state index in [2.05, 4.69) is 59.2 Å². The van der Waals surface area contributed by atoms with Gasteiger partial charge in [0.25, 0.3) is 0 Å². The first-order valence-corrected chi connectivity index (χ1v) is 8.19. The molecule has 120 valence electrons. The Bertz CT molecular complexity index is 648. The molecule has 0 spiro atoms. The number of benzene rings is 2. The summed E-state index contributed by atoms with van der Waals surface area (Å²) < 4.78 is 5.51. The lowest BCUT2D eigenvalue weighted by Gasteiger charge is -2.28. The maximum Gasteiger partial charge on any atom is 0.113 e. The van der Waals surface area contributed by atoms with Crippen LogP contribution in [0.25, 0.3) is 11.1 Å². The van der Waals surface area contributed by atoms with Crippen LogP contribution >= 0.6 is 0 Å². The minimum atomic E-state index is -0.872. The third kappa shape index (κ3) is 2.79. The molecule has 4 nitrogen and oxygen atoms in total. The second-order valence-corrected chi connectivity index (χ2v) is 6.44. The van der Waals surface area contributed by atoms with Gasteiger partial charge in [-0.05, 0) is 22.3 Å². The number of fused-ring (bicyclic) bond motifs is 3. The van der Waals surface area contributed by atoms with E-state index < -0.39 is 5.60 Å². The van der Waals surface area contributed by atoms with Crippen molar-refractivity contribution in [3.8, 4) is 11.1 Å². The molecule has 1 saturated heterocycles. The molecule has 1 aliphatic heterocycles. The minimum Gasteiger partial charge on any atom is -0.385 e. The zero-order valence-corrected chi connectivity index (χ0v) is 13.1. The van der Waals surface area contributed by atoms with Crippen LogP contribution in [0.5, 0.6) is 0 Å². The molecule has 0 saturated carbocycles. The van der Waals surface area contributed by atoms with Crippen LogP contribution in [-0.4, -0.2) is 43.6 Å². The largest absolute Gasteiger partial charge is 0.385 e. The summed E-state index contributed by atoms with van der Waals surface area (Å²) >= 11 is 0. The summed E-state index contributed by atoms with van der Waals surface area (Å²) in [5.41, 5.74) is 4.24. The van der Waals surface area contributed by atoms with E-state index >= 15 is 0 Å². The average Bonchev–Trinajstić information content (AvgIpc) is 2.73. The number of rotatable bonds is 3. The predicted molar refractivity (Wildman–Crippen MR) is 90.4 cm³/mol. The fourth-order valence-electron chi connectivity index (χ4n) is 3.56. The summed E-state index contributed by atoms with van der Waals surface area (Å²) in [6.07, 6.45) is 0. The predicted octanol–water partition coefficient (Wildman–Crippen LogP) is 1.70. The lowest BCUT2D eigenvalue weighted by atomic mass is 10.0. The van der Waals surface area contributed by atoms with Crippen molar-refractivity contribution in [2.24, 2.45) is 0 Å². The molecule has 0 radical (unpaired) electrons. The Morgan fingerprint density at radius 2 is 1.74 bits per heavy atom. The van der Waals surface area contributed by atoms with Crippen LogP contribution < -0.4 is 10.6 Å². The van der Waals surface area contributed by atoms with Crippen molar-refractivity contribution in [3.63, 3.8) is 0 Å². The number of β-amino-alcohol motifs (C(OH)–C–C–N with tert-alkyl or cyclic N) is 1. The fraction of sp³-hybridized carbons (Fsp3) is 0.368. The molecule has 0 amide bonds. The molecule has 4 rings (SSSR count). The van der Waals surface area contributed by atoms with Gasteiger partial charge < -0.3 is 20.5 Å². The Balaban J connectivity index is 1.59. The SMILES string of the molecule is O[C@]1(CNC2c3ccccc3-c3ccccc32)CNCCOC1. The molecule has 1 atom stereocenters. The highest BCUT2D eigenvalue weighted by Gasteiger charge is 2.33. The van der Waals surface area contributed by atoms with Crippen molar-refractivity contribution in [1.82, 2.24) is 10.6 Å².